The first-order valence-corrected chi connectivity index (χ1v) is 10.4. The van der Waals surface area contributed by atoms with E-state index in [2.05, 4.69) is 14.3 Å². The molecule has 0 N–H and O–H groups in total. The fourth-order valence-electron chi connectivity index (χ4n) is 2.22. The first-order valence-electron chi connectivity index (χ1n) is 8.58. The van der Waals surface area contributed by atoms with Crippen molar-refractivity contribution in [3.05, 3.63) is 16.3 Å². The molecule has 164 valence electrons. The van der Waals surface area contributed by atoms with Gasteiger partial charge in [0.15, 0.2) is 5.65 Å². The summed E-state index contributed by atoms with van der Waals surface area (Å²) >= 11 is 6.19. The van der Waals surface area contributed by atoms with Crippen LogP contribution in [0.2, 0.25) is 5.02 Å². The zero-order chi connectivity index (χ0) is 22.7. The average Bonchev–Trinajstić information content (AvgIpc) is 2.92. The van der Waals surface area contributed by atoms with Gasteiger partial charge in [-0.2, -0.15) is 31.7 Å². The van der Waals surface area contributed by atoms with Crippen LogP contribution in [0.1, 0.15) is 56.7 Å². The number of carbonyl (C=O) groups excluding carboxylic acids is 1. The number of nitrogens with zero attached hydrogens (tertiary/aromatic N) is 3. The summed E-state index contributed by atoms with van der Waals surface area (Å²) in [7, 11) is -6.09. The highest BCUT2D eigenvalue weighted by Crippen LogP contribution is 2.37. The summed E-state index contributed by atoms with van der Waals surface area (Å²) in [5.74, 6) is -2.31. The lowest BCUT2D eigenvalue weighted by molar-refractivity contribution is -0.0501. The van der Waals surface area contributed by atoms with E-state index in [0.29, 0.717) is 5.69 Å². The molecule has 0 saturated heterocycles. The van der Waals surface area contributed by atoms with Gasteiger partial charge in [0, 0.05) is 6.04 Å². The van der Waals surface area contributed by atoms with Crippen molar-refractivity contribution in [2.24, 2.45) is 0 Å². The molecule has 2 rings (SSSR count). The van der Waals surface area contributed by atoms with Crippen LogP contribution < -0.4 is 4.18 Å². The molecule has 0 atom stereocenters. The lowest BCUT2D eigenvalue weighted by atomic mass is 10.2. The molecule has 0 amide bonds. The van der Waals surface area contributed by atoms with E-state index >= 15 is 0 Å². The largest absolute Gasteiger partial charge is 0.534 e. The molecule has 2 heterocycles. The van der Waals surface area contributed by atoms with Crippen LogP contribution in [0.5, 0.6) is 5.88 Å². The predicted molar refractivity (Wildman–Crippen MR) is 101 cm³/mol. The number of alkyl halides is 3. The van der Waals surface area contributed by atoms with Gasteiger partial charge in [-0.25, -0.2) is 9.48 Å². The summed E-state index contributed by atoms with van der Waals surface area (Å²) in [4.78, 5) is 16.0. The van der Waals surface area contributed by atoms with E-state index in [1.54, 1.807) is 20.8 Å². The molecule has 0 unspecified atom stereocenters. The Hall–Kier alpha value is -2.08. The highest BCUT2D eigenvalue weighted by molar-refractivity contribution is 7.88. The minimum absolute atomic E-state index is 0.0343. The Bertz CT molecular complexity index is 1000. The molecule has 0 bridgehead atoms. The molecule has 29 heavy (non-hydrogen) atoms. The second-order valence-corrected chi connectivity index (χ2v) is 7.55. The van der Waals surface area contributed by atoms with Crippen LogP contribution in [0.4, 0.5) is 13.2 Å². The number of esters is 1. The Morgan fingerprint density at radius 2 is 1.83 bits per heavy atom. The van der Waals surface area contributed by atoms with E-state index in [1.165, 1.54) is 11.6 Å². The normalized spacial score (nSPS) is 12.0. The van der Waals surface area contributed by atoms with Crippen molar-refractivity contribution in [1.82, 2.24) is 14.8 Å². The molecular weight excluding hydrogens is 439 g/mol. The maximum atomic E-state index is 12.7. The number of carbonyl (C=O) groups is 1. The van der Waals surface area contributed by atoms with Crippen LogP contribution >= 0.6 is 11.6 Å². The Balaban J connectivity index is 0.00000204. The molecule has 0 spiro atoms. The van der Waals surface area contributed by atoms with Gasteiger partial charge in [-0.15, -0.1) is 0 Å². The highest BCUT2D eigenvalue weighted by atomic mass is 35.5. The SMILES string of the molecule is CC.CCOC(=O)c1c(OS(=O)(=O)C(F)(F)F)nc2c(c(C)nn2C(C)C)c1Cl. The summed E-state index contributed by atoms with van der Waals surface area (Å²) in [6.07, 6.45) is 0. The molecule has 2 aromatic heterocycles. The van der Waals surface area contributed by atoms with Crippen LogP contribution in [0.3, 0.4) is 0 Å². The molecule has 0 aliphatic heterocycles. The number of hydrogen-bond donors (Lipinski definition) is 0. The topological polar surface area (TPSA) is 100 Å². The first kappa shape index (κ1) is 25.0. The zero-order valence-corrected chi connectivity index (χ0v) is 18.2. The molecule has 0 saturated carbocycles. The summed E-state index contributed by atoms with van der Waals surface area (Å²) < 4.78 is 71.2. The van der Waals surface area contributed by atoms with Crippen LogP contribution in [0.15, 0.2) is 0 Å². The fourth-order valence-corrected chi connectivity index (χ4v) is 3.02. The summed E-state index contributed by atoms with van der Waals surface area (Å²) in [6.45, 7) is 10.3. The smallest absolute Gasteiger partial charge is 0.462 e. The van der Waals surface area contributed by atoms with E-state index in [1.807, 2.05) is 13.8 Å². The molecule has 2 aromatic rings. The van der Waals surface area contributed by atoms with Crippen LogP contribution in [-0.2, 0) is 14.9 Å². The number of halogens is 4. The van der Waals surface area contributed by atoms with Crippen LogP contribution in [-0.4, -0.2) is 41.3 Å². The van der Waals surface area contributed by atoms with Gasteiger partial charge < -0.3 is 8.92 Å². The van der Waals surface area contributed by atoms with E-state index in [-0.39, 0.29) is 28.7 Å². The molecule has 0 radical (unpaired) electrons. The van der Waals surface area contributed by atoms with E-state index in [4.69, 9.17) is 16.3 Å². The van der Waals surface area contributed by atoms with Gasteiger partial charge in [-0.1, -0.05) is 25.4 Å². The van der Waals surface area contributed by atoms with Gasteiger partial charge in [0.1, 0.15) is 5.56 Å². The Morgan fingerprint density at radius 1 is 1.28 bits per heavy atom. The molecule has 8 nitrogen and oxygen atoms in total. The molecule has 13 heteroatoms. The predicted octanol–water partition coefficient (Wildman–Crippen LogP) is 4.41. The van der Waals surface area contributed by atoms with Crippen molar-refractivity contribution >= 4 is 38.7 Å². The number of ether oxygens (including phenoxy) is 1. The zero-order valence-electron chi connectivity index (χ0n) is 16.6. The van der Waals surface area contributed by atoms with Gasteiger partial charge in [0.25, 0.3) is 5.88 Å². The molecule has 0 fully saturated rings. The van der Waals surface area contributed by atoms with Crippen molar-refractivity contribution < 1.29 is 35.3 Å². The summed E-state index contributed by atoms with van der Waals surface area (Å²) in [6, 6.07) is -0.287. The minimum Gasteiger partial charge on any atom is -0.462 e. The number of hydrogen-bond acceptors (Lipinski definition) is 7. The van der Waals surface area contributed by atoms with Crippen molar-refractivity contribution in [3.8, 4) is 5.88 Å². The summed E-state index contributed by atoms with van der Waals surface area (Å²) in [5, 5.41) is 3.98. The van der Waals surface area contributed by atoms with Gasteiger partial charge in [0.05, 0.1) is 22.7 Å². The Kier molecular flexibility index (Phi) is 7.88. The second kappa shape index (κ2) is 9.16. The van der Waals surface area contributed by atoms with Gasteiger partial charge in [0.2, 0.25) is 0 Å². The third kappa shape index (κ3) is 4.92. The van der Waals surface area contributed by atoms with E-state index < -0.39 is 33.0 Å². The average molecular weight is 460 g/mol. The van der Waals surface area contributed by atoms with Crippen molar-refractivity contribution in [3.63, 3.8) is 0 Å². The fraction of sp³-hybridized carbons (Fsp3) is 0.562. The molecular formula is C16H21ClF3N3O5S. The van der Waals surface area contributed by atoms with E-state index in [0.717, 1.165) is 0 Å². The number of aryl methyl sites for hydroxylation is 1. The number of rotatable bonds is 5. The number of aromatic nitrogens is 3. The van der Waals surface area contributed by atoms with E-state index in [9.17, 15) is 26.4 Å². The van der Waals surface area contributed by atoms with Crippen LogP contribution in [0.25, 0.3) is 11.0 Å². The minimum atomic E-state index is -6.09. The molecule has 0 aliphatic rings. The van der Waals surface area contributed by atoms with Gasteiger partial charge >= 0.3 is 21.6 Å². The lowest BCUT2D eigenvalue weighted by Crippen LogP contribution is -2.29. The molecule has 0 aromatic carbocycles. The number of fused-ring (bicyclic) bond motifs is 1. The van der Waals surface area contributed by atoms with Crippen LogP contribution in [0, 0.1) is 6.92 Å². The van der Waals surface area contributed by atoms with Crippen molar-refractivity contribution in [2.75, 3.05) is 6.61 Å². The second-order valence-electron chi connectivity index (χ2n) is 5.63. The first-order chi connectivity index (χ1) is 13.3. The maximum Gasteiger partial charge on any atom is 0.534 e. The standard InChI is InChI=1S/C14H15ClF3N3O5S.C2H6/c1-5-25-13(22)9-10(15)8-7(4)20-21(6(2)3)11(8)19-12(9)26-27(23,24)14(16,17)18;1-2/h6H,5H2,1-4H3;1-2H3. The highest BCUT2D eigenvalue weighted by Gasteiger charge is 2.49. The Labute approximate surface area is 171 Å². The lowest BCUT2D eigenvalue weighted by Gasteiger charge is -2.14. The molecule has 0 aliphatic carbocycles. The number of pyridine rings is 1. The Morgan fingerprint density at radius 3 is 2.28 bits per heavy atom. The van der Waals surface area contributed by atoms with Crippen molar-refractivity contribution in [2.45, 2.75) is 53.1 Å². The quantitative estimate of drug-likeness (QED) is 0.371. The van der Waals surface area contributed by atoms with Crippen molar-refractivity contribution in [1.29, 1.82) is 0 Å². The third-order valence-corrected chi connectivity index (χ3v) is 4.68. The van der Waals surface area contributed by atoms with Gasteiger partial charge in [-0.05, 0) is 27.7 Å². The maximum absolute atomic E-state index is 12.7. The summed E-state index contributed by atoms with van der Waals surface area (Å²) in [5.41, 5.74) is -6.15. The monoisotopic (exact) mass is 459 g/mol. The third-order valence-electron chi connectivity index (χ3n) is 3.36. The van der Waals surface area contributed by atoms with Gasteiger partial charge in [-0.3, -0.25) is 0 Å².